The minimum atomic E-state index is -0.704. The molecule has 1 aliphatic carbocycles. The van der Waals surface area contributed by atoms with Crippen LogP contribution in [0.4, 0.5) is 0 Å². The van der Waals surface area contributed by atoms with E-state index in [0.29, 0.717) is 12.1 Å². The number of hydrogen-bond acceptors (Lipinski definition) is 3. The molecule has 3 fully saturated rings. The lowest BCUT2D eigenvalue weighted by atomic mass is 9.85. The fourth-order valence-corrected chi connectivity index (χ4v) is 4.38. The van der Waals surface area contributed by atoms with Gasteiger partial charge in [-0.3, -0.25) is 9.69 Å². The molecule has 0 radical (unpaired) electrons. The maximum Gasteiger partial charge on any atom is 0.243 e. The van der Waals surface area contributed by atoms with Gasteiger partial charge in [-0.05, 0) is 46.5 Å². The molecule has 0 aromatic rings. The van der Waals surface area contributed by atoms with E-state index in [1.54, 1.807) is 0 Å². The lowest BCUT2D eigenvalue weighted by Gasteiger charge is -2.48. The Labute approximate surface area is 128 Å². The Kier molecular flexibility index (Phi) is 3.52. The zero-order valence-corrected chi connectivity index (χ0v) is 13.6. The van der Waals surface area contributed by atoms with E-state index in [2.05, 4.69) is 36.6 Å². The predicted octanol–water partition coefficient (Wildman–Crippen LogP) is 2.54. The summed E-state index contributed by atoms with van der Waals surface area (Å²) in [5.41, 5.74) is -0.541. The Hall–Kier alpha value is -1.08. The fraction of sp³-hybridized carbons (Fsp3) is 0.882. The van der Waals surface area contributed by atoms with Crippen LogP contribution in [0.3, 0.4) is 0 Å². The molecule has 2 aliphatic heterocycles. The molecule has 2 atom stereocenters. The number of hydrogen-bond donors (Lipinski definition) is 0. The summed E-state index contributed by atoms with van der Waals surface area (Å²) in [6.07, 6.45) is 5.78. The van der Waals surface area contributed by atoms with Crippen molar-refractivity contribution >= 4 is 5.91 Å². The highest BCUT2D eigenvalue weighted by Crippen LogP contribution is 2.43. The topological polar surface area (TPSA) is 47.3 Å². The van der Waals surface area contributed by atoms with Crippen LogP contribution in [0.15, 0.2) is 0 Å². The van der Waals surface area contributed by atoms with E-state index in [0.717, 1.165) is 51.6 Å². The van der Waals surface area contributed by atoms with Gasteiger partial charge in [-0.15, -0.1) is 0 Å². The van der Waals surface area contributed by atoms with Crippen LogP contribution < -0.4 is 0 Å². The predicted molar refractivity (Wildman–Crippen MR) is 81.5 cm³/mol. The largest absolute Gasteiger partial charge is 0.333 e. The number of fused-ring (bicyclic) bond motifs is 2. The summed E-state index contributed by atoms with van der Waals surface area (Å²) in [4.78, 5) is 17.7. The highest BCUT2D eigenvalue weighted by atomic mass is 16.2. The van der Waals surface area contributed by atoms with E-state index < -0.39 is 5.41 Å². The second kappa shape index (κ2) is 4.98. The van der Waals surface area contributed by atoms with Crippen LogP contribution in [0, 0.1) is 16.7 Å². The van der Waals surface area contributed by atoms with Crippen molar-refractivity contribution in [2.24, 2.45) is 5.41 Å². The summed E-state index contributed by atoms with van der Waals surface area (Å²) < 4.78 is 0. The minimum Gasteiger partial charge on any atom is -0.333 e. The number of carbonyl (C=O) groups excluding carboxylic acids is 1. The summed E-state index contributed by atoms with van der Waals surface area (Å²) in [7, 11) is 0. The van der Waals surface area contributed by atoms with Crippen molar-refractivity contribution in [1.82, 2.24) is 9.80 Å². The van der Waals surface area contributed by atoms with Gasteiger partial charge in [0.15, 0.2) is 0 Å². The Balaban J connectivity index is 1.80. The lowest BCUT2D eigenvalue weighted by Crippen LogP contribution is -2.62. The SMILES string of the molecule is CC(C)(C)N1CC2CCC(C1)N2C(=O)C1(C#N)CCCC1. The van der Waals surface area contributed by atoms with E-state index in [1.807, 2.05) is 0 Å². The Morgan fingerprint density at radius 1 is 1.14 bits per heavy atom. The van der Waals surface area contributed by atoms with E-state index >= 15 is 0 Å². The number of likely N-dealkylation sites (tertiary alicyclic amines) is 1. The normalized spacial score (nSPS) is 32.2. The maximum atomic E-state index is 13.1. The van der Waals surface area contributed by atoms with Crippen molar-refractivity contribution in [2.75, 3.05) is 13.1 Å². The number of rotatable bonds is 1. The first-order valence-electron chi connectivity index (χ1n) is 8.36. The molecule has 2 unspecified atom stereocenters. The molecule has 0 aromatic carbocycles. The highest BCUT2D eigenvalue weighted by Gasteiger charge is 2.52. The Bertz CT molecular complexity index is 453. The first-order chi connectivity index (χ1) is 9.87. The molecule has 0 N–H and O–H groups in total. The summed E-state index contributed by atoms with van der Waals surface area (Å²) in [6.45, 7) is 8.67. The van der Waals surface area contributed by atoms with Crippen molar-refractivity contribution in [3.05, 3.63) is 0 Å². The summed E-state index contributed by atoms with van der Waals surface area (Å²) >= 11 is 0. The zero-order chi connectivity index (χ0) is 15.3. The standard InChI is InChI=1S/C17H27N3O/c1-16(2,3)19-10-13-6-7-14(11-19)20(13)15(21)17(12-18)8-4-5-9-17/h13-14H,4-11H2,1-3H3. The van der Waals surface area contributed by atoms with Gasteiger partial charge in [0.25, 0.3) is 0 Å². The van der Waals surface area contributed by atoms with Gasteiger partial charge in [-0.1, -0.05) is 12.8 Å². The summed E-state index contributed by atoms with van der Waals surface area (Å²) in [5.74, 6) is 0.142. The molecular formula is C17H27N3O. The molecule has 2 bridgehead atoms. The molecule has 4 heteroatoms. The van der Waals surface area contributed by atoms with Gasteiger partial charge in [0.1, 0.15) is 5.41 Å². The molecule has 3 rings (SSSR count). The van der Waals surface area contributed by atoms with E-state index in [-0.39, 0.29) is 11.4 Å². The highest BCUT2D eigenvalue weighted by molar-refractivity contribution is 5.86. The molecule has 21 heavy (non-hydrogen) atoms. The molecule has 3 aliphatic rings. The average molecular weight is 289 g/mol. The molecule has 0 aromatic heterocycles. The minimum absolute atomic E-state index is 0.142. The first kappa shape index (κ1) is 14.8. The quantitative estimate of drug-likeness (QED) is 0.745. The van der Waals surface area contributed by atoms with Crippen molar-refractivity contribution in [1.29, 1.82) is 5.26 Å². The maximum absolute atomic E-state index is 13.1. The van der Waals surface area contributed by atoms with Crippen LogP contribution in [0.2, 0.25) is 0 Å². The molecular weight excluding hydrogens is 262 g/mol. The van der Waals surface area contributed by atoms with Gasteiger partial charge in [0.05, 0.1) is 6.07 Å². The van der Waals surface area contributed by atoms with Crippen molar-refractivity contribution in [2.45, 2.75) is 76.9 Å². The van der Waals surface area contributed by atoms with Crippen molar-refractivity contribution in [3.8, 4) is 6.07 Å². The molecule has 1 saturated carbocycles. The van der Waals surface area contributed by atoms with E-state index in [4.69, 9.17) is 0 Å². The second-order valence-electron chi connectivity index (χ2n) is 8.07. The van der Waals surface area contributed by atoms with Crippen LogP contribution in [-0.4, -0.2) is 46.4 Å². The number of nitriles is 1. The average Bonchev–Trinajstić information content (AvgIpc) is 3.01. The van der Waals surface area contributed by atoms with Crippen molar-refractivity contribution in [3.63, 3.8) is 0 Å². The summed E-state index contributed by atoms with van der Waals surface area (Å²) in [5, 5.41) is 9.58. The number of piperazine rings is 1. The third-order valence-corrected chi connectivity index (χ3v) is 5.75. The fourth-order valence-electron chi connectivity index (χ4n) is 4.38. The Morgan fingerprint density at radius 2 is 1.67 bits per heavy atom. The van der Waals surface area contributed by atoms with Crippen LogP contribution in [0.1, 0.15) is 59.3 Å². The monoisotopic (exact) mass is 289 g/mol. The van der Waals surface area contributed by atoms with Crippen LogP contribution >= 0.6 is 0 Å². The summed E-state index contributed by atoms with van der Waals surface area (Å²) in [6, 6.07) is 3.02. The van der Waals surface area contributed by atoms with Crippen LogP contribution in [0.25, 0.3) is 0 Å². The smallest absolute Gasteiger partial charge is 0.243 e. The van der Waals surface area contributed by atoms with E-state index in [1.165, 1.54) is 0 Å². The molecule has 2 saturated heterocycles. The molecule has 4 nitrogen and oxygen atoms in total. The number of amides is 1. The third kappa shape index (κ3) is 2.36. The number of carbonyl (C=O) groups is 1. The van der Waals surface area contributed by atoms with Crippen LogP contribution in [0.5, 0.6) is 0 Å². The van der Waals surface area contributed by atoms with Gasteiger partial charge in [-0.25, -0.2) is 0 Å². The molecule has 0 spiro atoms. The molecule has 2 heterocycles. The van der Waals surface area contributed by atoms with Gasteiger partial charge in [0, 0.05) is 30.7 Å². The molecule has 1 amide bonds. The number of nitrogens with zero attached hydrogens (tertiary/aromatic N) is 3. The van der Waals surface area contributed by atoms with E-state index in [9.17, 15) is 10.1 Å². The zero-order valence-electron chi connectivity index (χ0n) is 13.6. The van der Waals surface area contributed by atoms with Gasteiger partial charge >= 0.3 is 0 Å². The van der Waals surface area contributed by atoms with Crippen molar-refractivity contribution < 1.29 is 4.79 Å². The Morgan fingerprint density at radius 3 is 2.10 bits per heavy atom. The second-order valence-corrected chi connectivity index (χ2v) is 8.07. The first-order valence-corrected chi connectivity index (χ1v) is 8.36. The van der Waals surface area contributed by atoms with Gasteiger partial charge in [0.2, 0.25) is 5.91 Å². The van der Waals surface area contributed by atoms with Gasteiger partial charge in [-0.2, -0.15) is 5.26 Å². The van der Waals surface area contributed by atoms with Crippen LogP contribution in [-0.2, 0) is 4.79 Å². The lowest BCUT2D eigenvalue weighted by molar-refractivity contribution is -0.146. The molecule has 116 valence electrons. The van der Waals surface area contributed by atoms with Gasteiger partial charge < -0.3 is 4.90 Å². The third-order valence-electron chi connectivity index (χ3n) is 5.75.